The number of hydrogen-bond donors (Lipinski definition) is 1. The van der Waals surface area contributed by atoms with Crippen molar-refractivity contribution in [2.75, 3.05) is 13.1 Å². The van der Waals surface area contributed by atoms with Crippen molar-refractivity contribution in [3.8, 4) is 0 Å². The summed E-state index contributed by atoms with van der Waals surface area (Å²) in [5.41, 5.74) is -1.01. The fourth-order valence-electron chi connectivity index (χ4n) is 6.30. The first kappa shape index (κ1) is 35.4. The predicted molar refractivity (Wildman–Crippen MR) is 163 cm³/mol. The van der Waals surface area contributed by atoms with Crippen LogP contribution in [-0.4, -0.2) is 64.6 Å². The molecule has 43 heavy (non-hydrogen) atoms. The van der Waals surface area contributed by atoms with Crippen LogP contribution in [0.25, 0.3) is 0 Å². The molecule has 3 atom stereocenters. The minimum absolute atomic E-state index is 0.00334. The number of ketones is 1. The Labute approximate surface area is 262 Å². The normalized spacial score (nSPS) is 22.7. The number of alkyl halides is 3. The van der Waals surface area contributed by atoms with E-state index in [1.165, 1.54) is 13.1 Å². The molecule has 0 radical (unpaired) electrons. The van der Waals surface area contributed by atoms with E-state index in [1.807, 2.05) is 6.92 Å². The lowest BCUT2D eigenvalue weighted by Crippen LogP contribution is -2.49. The fraction of sp³-hybridized carbons (Fsp3) is 0.688. The van der Waals surface area contributed by atoms with E-state index in [4.69, 9.17) is 23.2 Å². The van der Waals surface area contributed by atoms with Gasteiger partial charge in [-0.2, -0.15) is 0 Å². The van der Waals surface area contributed by atoms with Crippen molar-refractivity contribution < 1.29 is 32.7 Å². The maximum atomic E-state index is 15.8. The van der Waals surface area contributed by atoms with Gasteiger partial charge in [-0.3, -0.25) is 19.4 Å². The Morgan fingerprint density at radius 2 is 1.67 bits per heavy atom. The molecule has 0 aliphatic heterocycles. The van der Waals surface area contributed by atoms with Gasteiger partial charge in [-0.25, -0.2) is 13.2 Å². The van der Waals surface area contributed by atoms with Crippen molar-refractivity contribution in [3.05, 3.63) is 33.3 Å². The molecule has 0 bridgehead atoms. The lowest BCUT2D eigenvalue weighted by atomic mass is 9.79. The lowest BCUT2D eigenvalue weighted by Gasteiger charge is -2.34. The summed E-state index contributed by atoms with van der Waals surface area (Å²) < 4.78 is 45.1. The summed E-state index contributed by atoms with van der Waals surface area (Å²) in [5, 5.41) is 9.44. The maximum absolute atomic E-state index is 15.8. The van der Waals surface area contributed by atoms with Gasteiger partial charge in [-0.05, 0) is 89.3 Å². The van der Waals surface area contributed by atoms with E-state index in [1.54, 1.807) is 19.1 Å². The van der Waals surface area contributed by atoms with Gasteiger partial charge in [0.1, 0.15) is 5.67 Å². The lowest BCUT2D eigenvalue weighted by molar-refractivity contribution is -0.143. The Bertz CT molecular complexity index is 1170. The van der Waals surface area contributed by atoms with E-state index >= 15 is 4.39 Å². The van der Waals surface area contributed by atoms with Crippen molar-refractivity contribution in [1.82, 2.24) is 4.90 Å². The van der Waals surface area contributed by atoms with Crippen LogP contribution >= 0.6 is 23.2 Å². The van der Waals surface area contributed by atoms with E-state index in [2.05, 4.69) is 4.99 Å². The number of benzene rings is 1. The van der Waals surface area contributed by atoms with Crippen LogP contribution in [0.2, 0.25) is 10.0 Å². The molecular formula is C32H43Cl2F3N2O4. The van der Waals surface area contributed by atoms with E-state index in [0.29, 0.717) is 32.1 Å². The molecular weight excluding hydrogens is 604 g/mol. The number of carbonyl (C=O) groups is 3. The average molecular weight is 648 g/mol. The van der Waals surface area contributed by atoms with Crippen LogP contribution in [0.3, 0.4) is 0 Å². The van der Waals surface area contributed by atoms with Crippen LogP contribution in [0, 0.1) is 30.6 Å². The van der Waals surface area contributed by atoms with Crippen LogP contribution in [0.5, 0.6) is 0 Å². The molecule has 2 saturated carbocycles. The zero-order valence-corrected chi connectivity index (χ0v) is 26.9. The number of aliphatic carboxylic acids is 1. The highest BCUT2D eigenvalue weighted by molar-refractivity contribution is 6.40. The summed E-state index contributed by atoms with van der Waals surface area (Å²) in [6.07, 6.45) is 6.17. The summed E-state index contributed by atoms with van der Waals surface area (Å²) in [6.45, 7) is 4.59. The number of carboxylic acids is 1. The van der Waals surface area contributed by atoms with Gasteiger partial charge in [0.05, 0.1) is 40.5 Å². The second-order valence-corrected chi connectivity index (χ2v) is 13.6. The van der Waals surface area contributed by atoms with Gasteiger partial charge in [0, 0.05) is 18.2 Å². The first-order chi connectivity index (χ1) is 20.0. The van der Waals surface area contributed by atoms with Gasteiger partial charge < -0.3 is 10.0 Å². The molecule has 11 heteroatoms. The molecule has 0 spiro atoms. The van der Waals surface area contributed by atoms with Crippen molar-refractivity contribution in [3.63, 3.8) is 0 Å². The Balaban J connectivity index is 1.86. The summed E-state index contributed by atoms with van der Waals surface area (Å²) in [5.74, 6) is -8.45. The minimum Gasteiger partial charge on any atom is -0.481 e. The van der Waals surface area contributed by atoms with Crippen LogP contribution in [-0.2, 0) is 9.59 Å². The van der Waals surface area contributed by atoms with E-state index in [-0.39, 0.29) is 46.3 Å². The molecule has 1 amide bonds. The molecule has 1 aromatic carbocycles. The third-order valence-electron chi connectivity index (χ3n) is 9.08. The Morgan fingerprint density at radius 1 is 1.12 bits per heavy atom. The van der Waals surface area contributed by atoms with Crippen molar-refractivity contribution in [2.45, 2.75) is 103 Å². The zero-order chi connectivity index (χ0) is 32.1. The van der Waals surface area contributed by atoms with Gasteiger partial charge in [-0.1, -0.05) is 43.0 Å². The van der Waals surface area contributed by atoms with Gasteiger partial charge in [0.15, 0.2) is 5.78 Å². The highest BCUT2D eigenvalue weighted by Gasteiger charge is 2.44. The molecule has 240 valence electrons. The average Bonchev–Trinajstić information content (AvgIpc) is 3.33. The number of aryl methyl sites for hydroxylation is 1. The monoisotopic (exact) mass is 646 g/mol. The summed E-state index contributed by atoms with van der Waals surface area (Å²) in [6, 6.07) is 2.82. The molecule has 0 saturated heterocycles. The van der Waals surface area contributed by atoms with Gasteiger partial charge in [0.25, 0.3) is 0 Å². The SMILES string of the molecule is Cc1cc(Cl)c(C(=O)CN(CC2(F)CCCC2)C(=O)C(C=NC(C)CC2CCC(C(=O)O)CC2)C(C)C(C)(F)F)c(Cl)c1. The van der Waals surface area contributed by atoms with Crippen LogP contribution in [0.1, 0.15) is 94.5 Å². The second-order valence-electron chi connectivity index (χ2n) is 12.8. The molecule has 0 heterocycles. The third kappa shape index (κ3) is 9.68. The predicted octanol–water partition coefficient (Wildman–Crippen LogP) is 8.24. The molecule has 1 aromatic rings. The minimum atomic E-state index is -3.26. The quantitative estimate of drug-likeness (QED) is 0.173. The highest BCUT2D eigenvalue weighted by atomic mass is 35.5. The third-order valence-corrected chi connectivity index (χ3v) is 9.68. The van der Waals surface area contributed by atoms with E-state index in [0.717, 1.165) is 30.2 Å². The molecule has 2 fully saturated rings. The standard InChI is InChI=1S/C32H43Cl2F3N2O4/c1-19-13-25(33)28(26(34)14-19)27(40)17-39(18-32(37)11-5-6-12-32)29(41)24(21(3)31(4,35)36)16-38-20(2)15-22-7-9-23(10-8-22)30(42)43/h13-14,16,20-24H,5-12,15,17-18H2,1-4H3,(H,42,43). The van der Waals surface area contributed by atoms with Gasteiger partial charge in [0.2, 0.25) is 11.8 Å². The van der Waals surface area contributed by atoms with E-state index < -0.39 is 54.2 Å². The van der Waals surface area contributed by atoms with Gasteiger partial charge in [-0.15, -0.1) is 0 Å². The number of amides is 1. The Kier molecular flexibility index (Phi) is 12.1. The van der Waals surface area contributed by atoms with Crippen molar-refractivity contribution in [1.29, 1.82) is 0 Å². The first-order valence-electron chi connectivity index (χ1n) is 15.1. The summed E-state index contributed by atoms with van der Waals surface area (Å²) in [7, 11) is 0. The first-order valence-corrected chi connectivity index (χ1v) is 15.9. The number of halogens is 5. The molecule has 0 aromatic heterocycles. The maximum Gasteiger partial charge on any atom is 0.306 e. The number of aliphatic imine (C=N–C) groups is 1. The summed E-state index contributed by atoms with van der Waals surface area (Å²) in [4.78, 5) is 44.2. The van der Waals surface area contributed by atoms with E-state index in [9.17, 15) is 28.3 Å². The fourth-order valence-corrected chi connectivity index (χ4v) is 7.11. The van der Waals surface area contributed by atoms with Crippen molar-refractivity contribution in [2.24, 2.45) is 28.7 Å². The molecule has 2 aliphatic carbocycles. The largest absolute Gasteiger partial charge is 0.481 e. The number of nitrogens with zero attached hydrogens (tertiary/aromatic N) is 2. The van der Waals surface area contributed by atoms with Gasteiger partial charge >= 0.3 is 5.97 Å². The molecule has 1 N–H and O–H groups in total. The van der Waals surface area contributed by atoms with Crippen LogP contribution in [0.4, 0.5) is 13.2 Å². The number of rotatable bonds is 13. The molecule has 6 nitrogen and oxygen atoms in total. The molecule has 3 unspecified atom stereocenters. The smallest absolute Gasteiger partial charge is 0.306 e. The second kappa shape index (κ2) is 14.8. The number of carbonyl (C=O) groups excluding carboxylic acids is 2. The van der Waals surface area contributed by atoms with Crippen molar-refractivity contribution >= 4 is 47.1 Å². The highest BCUT2D eigenvalue weighted by Crippen LogP contribution is 2.37. The Hall–Kier alpha value is -2.13. The Morgan fingerprint density at radius 3 is 2.19 bits per heavy atom. The number of Topliss-reactive ketones (excluding diaryl/α,β-unsaturated/α-hetero) is 1. The number of hydrogen-bond acceptors (Lipinski definition) is 4. The van der Waals surface area contributed by atoms with Crippen LogP contribution in [0.15, 0.2) is 17.1 Å². The van der Waals surface area contributed by atoms with Crippen LogP contribution < -0.4 is 0 Å². The summed E-state index contributed by atoms with van der Waals surface area (Å²) >= 11 is 12.6. The molecule has 2 aliphatic rings. The topological polar surface area (TPSA) is 87.0 Å². The number of carboxylic acid groups (broad SMARTS) is 1. The molecule has 3 rings (SSSR count). The zero-order valence-electron chi connectivity index (χ0n) is 25.4.